The van der Waals surface area contributed by atoms with Gasteiger partial charge in [0.25, 0.3) is 0 Å². The van der Waals surface area contributed by atoms with Crippen molar-refractivity contribution in [1.29, 1.82) is 0 Å². The Hall–Kier alpha value is -7.17. The molecule has 0 aliphatic carbocycles. The molecule has 0 aliphatic rings. The van der Waals surface area contributed by atoms with Crippen LogP contribution >= 0.6 is 0 Å². The van der Waals surface area contributed by atoms with E-state index in [0.29, 0.717) is 17.5 Å². The molecule has 0 radical (unpaired) electrons. The summed E-state index contributed by atoms with van der Waals surface area (Å²) in [6, 6.07) is 61.8. The summed E-state index contributed by atoms with van der Waals surface area (Å²) in [5, 5.41) is 11.9. The van der Waals surface area contributed by atoms with Crippen LogP contribution in [-0.2, 0) is 0 Å². The van der Waals surface area contributed by atoms with Crippen LogP contribution in [0.5, 0.6) is 0 Å². The fourth-order valence-electron chi connectivity index (χ4n) is 7.89. The Kier molecular flexibility index (Phi) is 6.52. The second-order valence-electron chi connectivity index (χ2n) is 13.6. The topological polar surface area (TPSA) is 51.8 Å². The molecule has 0 saturated heterocycles. The number of para-hydroxylation sites is 1. The lowest BCUT2D eigenvalue weighted by molar-refractivity contribution is 0.669. The normalized spacial score (nSPS) is 11.8. The van der Waals surface area contributed by atoms with E-state index in [2.05, 4.69) is 146 Å². The Bertz CT molecular complexity index is 3250. The molecule has 0 saturated carbocycles. The standard InChI is InChI=1S/C49H29N3O/c1-2-11-32-28-37(20-19-30(32)9-1)48-50-47(51-49(52-48)43-16-8-18-45-46(43)42-15-5-6-17-44(42)53-45)36-13-7-12-33(29-36)34-22-24-39-35(27-34)23-26-40-38-14-4-3-10-31(38)21-25-41(39)40/h1-29H. The first-order valence-electron chi connectivity index (χ1n) is 17.8. The molecule has 0 unspecified atom stereocenters. The van der Waals surface area contributed by atoms with Gasteiger partial charge in [0, 0.05) is 27.5 Å². The fourth-order valence-corrected chi connectivity index (χ4v) is 7.89. The van der Waals surface area contributed by atoms with Crippen molar-refractivity contribution >= 4 is 65.0 Å². The van der Waals surface area contributed by atoms with Crippen LogP contribution in [0.1, 0.15) is 0 Å². The molecule has 0 spiro atoms. The maximum atomic E-state index is 6.26. The van der Waals surface area contributed by atoms with Crippen molar-refractivity contribution in [3.8, 4) is 45.3 Å². The van der Waals surface area contributed by atoms with E-state index in [9.17, 15) is 0 Å². The lowest BCUT2D eigenvalue weighted by Crippen LogP contribution is -2.00. The zero-order valence-electron chi connectivity index (χ0n) is 28.5. The van der Waals surface area contributed by atoms with Gasteiger partial charge < -0.3 is 4.42 Å². The van der Waals surface area contributed by atoms with Gasteiger partial charge in [0.1, 0.15) is 11.2 Å². The van der Waals surface area contributed by atoms with Crippen molar-refractivity contribution in [3.05, 3.63) is 176 Å². The van der Waals surface area contributed by atoms with E-state index in [0.717, 1.165) is 55.1 Å². The van der Waals surface area contributed by atoms with Gasteiger partial charge in [0.15, 0.2) is 17.5 Å². The molecule has 0 aliphatic heterocycles. The number of benzene rings is 9. The molecular weight excluding hydrogens is 647 g/mol. The second-order valence-corrected chi connectivity index (χ2v) is 13.6. The lowest BCUT2D eigenvalue weighted by atomic mass is 9.94. The van der Waals surface area contributed by atoms with Crippen LogP contribution in [0.2, 0.25) is 0 Å². The van der Waals surface area contributed by atoms with Gasteiger partial charge in [-0.05, 0) is 84.5 Å². The average molecular weight is 676 g/mol. The lowest BCUT2D eigenvalue weighted by Gasteiger charge is -2.12. The third-order valence-corrected chi connectivity index (χ3v) is 10.5. The summed E-state index contributed by atoms with van der Waals surface area (Å²) in [6.45, 7) is 0. The third kappa shape index (κ3) is 4.88. The van der Waals surface area contributed by atoms with Crippen LogP contribution < -0.4 is 0 Å². The summed E-state index contributed by atoms with van der Waals surface area (Å²) >= 11 is 0. The molecule has 53 heavy (non-hydrogen) atoms. The fraction of sp³-hybridized carbons (Fsp3) is 0. The molecule has 2 aromatic heterocycles. The minimum atomic E-state index is 0.603. The van der Waals surface area contributed by atoms with Crippen LogP contribution in [0.15, 0.2) is 180 Å². The predicted molar refractivity (Wildman–Crippen MR) is 219 cm³/mol. The molecule has 11 rings (SSSR count). The van der Waals surface area contributed by atoms with Crippen molar-refractivity contribution in [2.45, 2.75) is 0 Å². The third-order valence-electron chi connectivity index (χ3n) is 10.5. The molecular formula is C49H29N3O. The number of furan rings is 1. The Balaban J connectivity index is 1.07. The van der Waals surface area contributed by atoms with Crippen LogP contribution in [0.4, 0.5) is 0 Å². The Labute approximate surface area is 304 Å². The number of hydrogen-bond acceptors (Lipinski definition) is 4. The highest BCUT2D eigenvalue weighted by atomic mass is 16.3. The minimum Gasteiger partial charge on any atom is -0.456 e. The van der Waals surface area contributed by atoms with E-state index in [1.165, 1.54) is 37.7 Å². The van der Waals surface area contributed by atoms with Gasteiger partial charge in [-0.1, -0.05) is 146 Å². The van der Waals surface area contributed by atoms with Crippen molar-refractivity contribution in [3.63, 3.8) is 0 Å². The van der Waals surface area contributed by atoms with Gasteiger partial charge >= 0.3 is 0 Å². The SMILES string of the molecule is c1cc(-c2ccc3c(ccc4c5ccccc5ccc34)c2)cc(-c2nc(-c3ccc4ccccc4c3)nc(-c3cccc4oc5ccccc5c34)n2)c1. The average Bonchev–Trinajstić information content (AvgIpc) is 3.62. The van der Waals surface area contributed by atoms with E-state index >= 15 is 0 Å². The van der Waals surface area contributed by atoms with Gasteiger partial charge in [-0.3, -0.25) is 0 Å². The van der Waals surface area contributed by atoms with E-state index in [-0.39, 0.29) is 0 Å². The van der Waals surface area contributed by atoms with Gasteiger partial charge in [-0.2, -0.15) is 0 Å². The second kappa shape index (κ2) is 11.7. The zero-order valence-corrected chi connectivity index (χ0v) is 28.5. The highest BCUT2D eigenvalue weighted by Gasteiger charge is 2.18. The van der Waals surface area contributed by atoms with Crippen LogP contribution in [0.3, 0.4) is 0 Å². The molecule has 11 aromatic rings. The molecule has 4 nitrogen and oxygen atoms in total. The molecule has 0 amide bonds. The molecule has 2 heterocycles. The summed E-state index contributed by atoms with van der Waals surface area (Å²) in [4.78, 5) is 15.4. The molecule has 246 valence electrons. The number of fused-ring (bicyclic) bond motifs is 9. The predicted octanol–water partition coefficient (Wildman–Crippen LogP) is 13.1. The van der Waals surface area contributed by atoms with Crippen molar-refractivity contribution in [1.82, 2.24) is 15.0 Å². The first-order chi connectivity index (χ1) is 26.2. The van der Waals surface area contributed by atoms with Crippen LogP contribution in [-0.4, -0.2) is 15.0 Å². The first-order valence-corrected chi connectivity index (χ1v) is 17.8. The largest absolute Gasteiger partial charge is 0.456 e. The number of rotatable bonds is 4. The number of hydrogen-bond donors (Lipinski definition) is 0. The van der Waals surface area contributed by atoms with E-state index in [1.54, 1.807) is 0 Å². The summed E-state index contributed by atoms with van der Waals surface area (Å²) in [5.41, 5.74) is 6.63. The summed E-state index contributed by atoms with van der Waals surface area (Å²) in [5.74, 6) is 1.84. The Morgan fingerprint density at radius 1 is 0.302 bits per heavy atom. The van der Waals surface area contributed by atoms with Gasteiger partial charge in [-0.25, -0.2) is 15.0 Å². The molecule has 0 N–H and O–H groups in total. The van der Waals surface area contributed by atoms with E-state index in [4.69, 9.17) is 19.4 Å². The zero-order chi connectivity index (χ0) is 34.9. The van der Waals surface area contributed by atoms with E-state index in [1.807, 2.05) is 30.3 Å². The Morgan fingerprint density at radius 2 is 0.849 bits per heavy atom. The maximum Gasteiger partial charge on any atom is 0.164 e. The summed E-state index contributed by atoms with van der Waals surface area (Å²) in [6.07, 6.45) is 0. The van der Waals surface area contributed by atoms with Crippen LogP contribution in [0.25, 0.3) is 110 Å². The minimum absolute atomic E-state index is 0.603. The number of aromatic nitrogens is 3. The molecule has 4 heteroatoms. The summed E-state index contributed by atoms with van der Waals surface area (Å²) in [7, 11) is 0. The van der Waals surface area contributed by atoms with Crippen molar-refractivity contribution in [2.75, 3.05) is 0 Å². The van der Waals surface area contributed by atoms with Crippen molar-refractivity contribution in [2.24, 2.45) is 0 Å². The highest BCUT2D eigenvalue weighted by molar-refractivity contribution is 6.17. The van der Waals surface area contributed by atoms with Crippen LogP contribution in [0, 0.1) is 0 Å². The molecule has 9 aromatic carbocycles. The maximum absolute atomic E-state index is 6.26. The molecule has 0 atom stereocenters. The van der Waals surface area contributed by atoms with Gasteiger partial charge in [0.2, 0.25) is 0 Å². The Morgan fingerprint density at radius 3 is 1.72 bits per heavy atom. The summed E-state index contributed by atoms with van der Waals surface area (Å²) < 4.78 is 6.26. The van der Waals surface area contributed by atoms with Crippen molar-refractivity contribution < 1.29 is 4.42 Å². The monoisotopic (exact) mass is 675 g/mol. The van der Waals surface area contributed by atoms with Gasteiger partial charge in [-0.15, -0.1) is 0 Å². The smallest absolute Gasteiger partial charge is 0.164 e. The molecule has 0 fully saturated rings. The quantitative estimate of drug-likeness (QED) is 0.174. The first kappa shape index (κ1) is 29.5. The van der Waals surface area contributed by atoms with E-state index < -0.39 is 0 Å². The number of nitrogens with zero attached hydrogens (tertiary/aromatic N) is 3. The highest BCUT2D eigenvalue weighted by Crippen LogP contribution is 2.38. The van der Waals surface area contributed by atoms with Gasteiger partial charge in [0.05, 0.1) is 0 Å². The molecule has 0 bridgehead atoms.